The second kappa shape index (κ2) is 7.85. The van der Waals surface area contributed by atoms with E-state index in [0.717, 1.165) is 12.1 Å². The highest BCUT2D eigenvalue weighted by atomic mass is 79.9. The fourth-order valence-corrected chi connectivity index (χ4v) is 4.28. The summed E-state index contributed by atoms with van der Waals surface area (Å²) in [7, 11) is -4.08. The van der Waals surface area contributed by atoms with Crippen LogP contribution < -0.4 is 4.72 Å². The molecule has 2 aromatic carbocycles. The summed E-state index contributed by atoms with van der Waals surface area (Å²) in [5, 5.41) is 7.22. The Labute approximate surface area is 178 Å². The molecule has 4 aromatic rings. The summed E-state index contributed by atoms with van der Waals surface area (Å²) in [4.78, 5) is 4.03. The minimum atomic E-state index is -4.08. The van der Waals surface area contributed by atoms with E-state index in [1.54, 1.807) is 18.3 Å². The number of sulfonamides is 1. The molecule has 150 valence electrons. The number of aromatic amines is 1. The van der Waals surface area contributed by atoms with Crippen LogP contribution in [0.15, 0.2) is 64.2 Å². The predicted molar refractivity (Wildman–Crippen MR) is 111 cm³/mol. The van der Waals surface area contributed by atoms with Crippen molar-refractivity contribution >= 4 is 42.7 Å². The van der Waals surface area contributed by atoms with Gasteiger partial charge in [0.25, 0.3) is 10.0 Å². The topological polar surface area (TPSA) is 87.7 Å². The molecule has 0 fully saturated rings. The van der Waals surface area contributed by atoms with Gasteiger partial charge < -0.3 is 0 Å². The zero-order chi connectivity index (χ0) is 21.3. The van der Waals surface area contributed by atoms with Crippen LogP contribution in [0.4, 0.5) is 14.5 Å². The summed E-state index contributed by atoms with van der Waals surface area (Å²) in [6, 6.07) is 9.52. The van der Waals surface area contributed by atoms with Gasteiger partial charge in [-0.1, -0.05) is 33.8 Å². The van der Waals surface area contributed by atoms with Crippen molar-refractivity contribution in [3.63, 3.8) is 0 Å². The summed E-state index contributed by atoms with van der Waals surface area (Å²) >= 11 is 3.19. The standard InChI is InChI=1S/C20H11BrF2N4O2S/c21-14-2-1-3-15(9-14)30(28,29)27-18-7-6-17(22)16(19(18)23)5-4-12-8-13-11-25-26-20(13)24-10-12/h1-3,6-11,27H,(H,24,25,26). The Morgan fingerprint density at radius 3 is 2.70 bits per heavy atom. The third-order valence-corrected chi connectivity index (χ3v) is 5.92. The molecule has 0 aliphatic rings. The molecule has 0 spiro atoms. The van der Waals surface area contributed by atoms with Gasteiger partial charge in [0.1, 0.15) is 5.82 Å². The zero-order valence-corrected chi connectivity index (χ0v) is 17.4. The van der Waals surface area contributed by atoms with Gasteiger partial charge in [0.2, 0.25) is 0 Å². The van der Waals surface area contributed by atoms with Crippen molar-refractivity contribution in [3.8, 4) is 11.8 Å². The number of nitrogens with one attached hydrogen (secondary N) is 2. The molecular formula is C20H11BrF2N4O2S. The first kappa shape index (κ1) is 20.0. The van der Waals surface area contributed by atoms with E-state index in [4.69, 9.17) is 0 Å². The second-order valence-corrected chi connectivity index (χ2v) is 8.73. The molecule has 0 aliphatic carbocycles. The highest BCUT2D eigenvalue weighted by Gasteiger charge is 2.19. The van der Waals surface area contributed by atoms with E-state index in [9.17, 15) is 17.2 Å². The van der Waals surface area contributed by atoms with Gasteiger partial charge in [0.05, 0.1) is 22.3 Å². The number of hydrogen-bond acceptors (Lipinski definition) is 4. The maximum atomic E-state index is 14.9. The highest BCUT2D eigenvalue weighted by molar-refractivity contribution is 9.10. The van der Waals surface area contributed by atoms with E-state index in [2.05, 4.69) is 47.7 Å². The first-order valence-electron chi connectivity index (χ1n) is 8.41. The second-order valence-electron chi connectivity index (χ2n) is 6.13. The van der Waals surface area contributed by atoms with Gasteiger partial charge in [-0.3, -0.25) is 9.82 Å². The third-order valence-electron chi connectivity index (χ3n) is 4.06. The van der Waals surface area contributed by atoms with Gasteiger partial charge in [-0.2, -0.15) is 5.10 Å². The van der Waals surface area contributed by atoms with Crippen molar-refractivity contribution in [1.29, 1.82) is 0 Å². The molecule has 0 saturated carbocycles. The number of H-pyrrole nitrogens is 1. The Bertz CT molecular complexity index is 1440. The number of benzene rings is 2. The predicted octanol–water partition coefficient (Wildman–Crippen LogP) is 4.20. The number of halogens is 3. The zero-order valence-electron chi connectivity index (χ0n) is 14.9. The summed E-state index contributed by atoms with van der Waals surface area (Å²) in [6.07, 6.45) is 2.98. The molecule has 10 heteroatoms. The average molecular weight is 489 g/mol. The van der Waals surface area contributed by atoms with E-state index in [-0.39, 0.29) is 4.90 Å². The Morgan fingerprint density at radius 2 is 1.90 bits per heavy atom. The van der Waals surface area contributed by atoms with Crippen molar-refractivity contribution in [2.45, 2.75) is 4.90 Å². The van der Waals surface area contributed by atoms with E-state index < -0.39 is 32.9 Å². The average Bonchev–Trinajstić information content (AvgIpc) is 3.18. The fraction of sp³-hybridized carbons (Fsp3) is 0. The van der Waals surface area contributed by atoms with E-state index >= 15 is 0 Å². The van der Waals surface area contributed by atoms with Crippen LogP contribution in [0.3, 0.4) is 0 Å². The van der Waals surface area contributed by atoms with Crippen LogP contribution in [0.1, 0.15) is 11.1 Å². The Hall–Kier alpha value is -3.29. The van der Waals surface area contributed by atoms with Crippen LogP contribution in [0.25, 0.3) is 11.0 Å². The molecule has 0 saturated heterocycles. The van der Waals surface area contributed by atoms with E-state index in [1.165, 1.54) is 24.4 Å². The number of nitrogens with zero attached hydrogens (tertiary/aromatic N) is 2. The van der Waals surface area contributed by atoms with Gasteiger partial charge in [0.15, 0.2) is 11.5 Å². The van der Waals surface area contributed by atoms with Crippen molar-refractivity contribution in [2.24, 2.45) is 0 Å². The number of pyridine rings is 1. The molecule has 2 N–H and O–H groups in total. The van der Waals surface area contributed by atoms with Gasteiger partial charge in [-0.15, -0.1) is 0 Å². The molecule has 2 aromatic heterocycles. The number of aromatic nitrogens is 3. The van der Waals surface area contributed by atoms with Crippen LogP contribution in [0.5, 0.6) is 0 Å². The minimum Gasteiger partial charge on any atom is -0.277 e. The normalized spacial score (nSPS) is 11.2. The Balaban J connectivity index is 1.69. The lowest BCUT2D eigenvalue weighted by Gasteiger charge is -2.10. The molecular weight excluding hydrogens is 478 g/mol. The van der Waals surface area contributed by atoms with Crippen molar-refractivity contribution < 1.29 is 17.2 Å². The molecule has 0 radical (unpaired) electrons. The van der Waals surface area contributed by atoms with Crippen LogP contribution in [0, 0.1) is 23.5 Å². The molecule has 0 aliphatic heterocycles. The number of anilines is 1. The lowest BCUT2D eigenvalue weighted by Crippen LogP contribution is -2.14. The van der Waals surface area contributed by atoms with Gasteiger partial charge in [-0.25, -0.2) is 22.2 Å². The van der Waals surface area contributed by atoms with Gasteiger partial charge in [-0.05, 0) is 36.4 Å². The molecule has 6 nitrogen and oxygen atoms in total. The number of rotatable bonds is 3. The Morgan fingerprint density at radius 1 is 1.07 bits per heavy atom. The van der Waals surface area contributed by atoms with Crippen LogP contribution in [-0.4, -0.2) is 23.6 Å². The monoisotopic (exact) mass is 488 g/mol. The maximum Gasteiger partial charge on any atom is 0.262 e. The Kier molecular flexibility index (Phi) is 5.24. The molecule has 30 heavy (non-hydrogen) atoms. The lowest BCUT2D eigenvalue weighted by molar-refractivity contribution is 0.578. The van der Waals surface area contributed by atoms with Gasteiger partial charge in [0, 0.05) is 21.6 Å². The summed E-state index contributed by atoms with van der Waals surface area (Å²) in [5.41, 5.74) is 0.00510. The fourth-order valence-electron chi connectivity index (χ4n) is 2.62. The van der Waals surface area contributed by atoms with Crippen LogP contribution in [0.2, 0.25) is 0 Å². The third kappa shape index (κ3) is 4.03. The smallest absolute Gasteiger partial charge is 0.262 e. The highest BCUT2D eigenvalue weighted by Crippen LogP contribution is 2.25. The maximum absolute atomic E-state index is 14.9. The van der Waals surface area contributed by atoms with Crippen molar-refractivity contribution in [1.82, 2.24) is 15.2 Å². The van der Waals surface area contributed by atoms with E-state index in [1.807, 2.05) is 0 Å². The van der Waals surface area contributed by atoms with Gasteiger partial charge >= 0.3 is 0 Å². The van der Waals surface area contributed by atoms with Crippen LogP contribution >= 0.6 is 15.9 Å². The molecule has 0 bridgehead atoms. The first-order chi connectivity index (χ1) is 14.3. The van der Waals surface area contributed by atoms with E-state index in [0.29, 0.717) is 21.1 Å². The molecule has 0 atom stereocenters. The summed E-state index contributed by atoms with van der Waals surface area (Å²) < 4.78 is 56.8. The molecule has 0 amide bonds. The first-order valence-corrected chi connectivity index (χ1v) is 10.7. The number of fused-ring (bicyclic) bond motifs is 1. The van der Waals surface area contributed by atoms with Crippen LogP contribution in [-0.2, 0) is 10.0 Å². The minimum absolute atomic E-state index is 0.0762. The summed E-state index contributed by atoms with van der Waals surface area (Å²) in [5.74, 6) is 3.03. The molecule has 4 rings (SSSR count). The number of hydrogen-bond donors (Lipinski definition) is 2. The largest absolute Gasteiger partial charge is 0.277 e. The van der Waals surface area contributed by atoms with Crippen molar-refractivity contribution in [3.05, 3.63) is 82.1 Å². The SMILES string of the molecule is O=S(=O)(Nc1ccc(F)c(C#Cc2cnc3[nH]ncc3c2)c1F)c1cccc(Br)c1. The lowest BCUT2D eigenvalue weighted by atomic mass is 10.1. The van der Waals surface area contributed by atoms with Crippen molar-refractivity contribution in [2.75, 3.05) is 4.72 Å². The quantitative estimate of drug-likeness (QED) is 0.423. The summed E-state index contributed by atoms with van der Waals surface area (Å²) in [6.45, 7) is 0. The molecule has 2 heterocycles. The molecule has 0 unspecified atom stereocenters.